The van der Waals surface area contributed by atoms with Crippen LogP contribution in [0.4, 0.5) is 0 Å². The number of rotatable bonds is 7. The maximum atomic E-state index is 5.25. The molecule has 19 heavy (non-hydrogen) atoms. The van der Waals surface area contributed by atoms with Gasteiger partial charge in [-0.15, -0.1) is 0 Å². The zero-order valence-corrected chi connectivity index (χ0v) is 11.2. The highest BCUT2D eigenvalue weighted by Crippen LogP contribution is 2.19. The summed E-state index contributed by atoms with van der Waals surface area (Å²) in [4.78, 5) is 8.74. The Labute approximate surface area is 112 Å². The van der Waals surface area contributed by atoms with Crippen LogP contribution in [0.15, 0.2) is 16.9 Å². The van der Waals surface area contributed by atoms with E-state index in [2.05, 4.69) is 31.9 Å². The third kappa shape index (κ3) is 3.20. The molecule has 0 saturated heterocycles. The normalized spacial score (nSPS) is 15.0. The molecule has 1 fully saturated rings. The van der Waals surface area contributed by atoms with Gasteiger partial charge in [-0.2, -0.15) is 4.98 Å². The minimum atomic E-state index is 0.596. The summed E-state index contributed by atoms with van der Waals surface area (Å²) in [6.45, 7) is 3.50. The lowest BCUT2D eigenvalue weighted by Crippen LogP contribution is -2.19. The van der Waals surface area contributed by atoms with Gasteiger partial charge in [0.15, 0.2) is 5.82 Å². The van der Waals surface area contributed by atoms with E-state index in [1.807, 2.05) is 12.4 Å². The lowest BCUT2D eigenvalue weighted by molar-refractivity contribution is 0.364. The predicted molar refractivity (Wildman–Crippen MR) is 69.5 cm³/mol. The second kappa shape index (κ2) is 5.52. The van der Waals surface area contributed by atoms with Gasteiger partial charge in [0, 0.05) is 24.9 Å². The molecule has 102 valence electrons. The van der Waals surface area contributed by atoms with Crippen molar-refractivity contribution >= 4 is 0 Å². The Kier molecular flexibility index (Phi) is 3.59. The minimum absolute atomic E-state index is 0.596. The number of hydrogen-bond donors (Lipinski definition) is 1. The van der Waals surface area contributed by atoms with E-state index >= 15 is 0 Å². The van der Waals surface area contributed by atoms with Crippen LogP contribution in [0.1, 0.15) is 43.7 Å². The Morgan fingerprint density at radius 3 is 3.16 bits per heavy atom. The Morgan fingerprint density at radius 2 is 2.37 bits per heavy atom. The van der Waals surface area contributed by atoms with Crippen LogP contribution in [0, 0.1) is 0 Å². The van der Waals surface area contributed by atoms with E-state index in [1.54, 1.807) is 0 Å². The first kappa shape index (κ1) is 12.3. The third-order valence-corrected chi connectivity index (χ3v) is 3.22. The summed E-state index contributed by atoms with van der Waals surface area (Å²) in [5.41, 5.74) is 0. The standard InChI is InChI=1S/C13H19N5O/c1-2-3-11-16-13(19-17-11)9-18-7-6-14-12(18)8-15-10-4-5-10/h6-7,10,15H,2-5,8-9H2,1H3. The van der Waals surface area contributed by atoms with Gasteiger partial charge in [-0.25, -0.2) is 4.98 Å². The highest BCUT2D eigenvalue weighted by Gasteiger charge is 2.21. The van der Waals surface area contributed by atoms with Gasteiger partial charge in [0.2, 0.25) is 5.89 Å². The molecule has 0 spiro atoms. The van der Waals surface area contributed by atoms with Crippen molar-refractivity contribution in [2.24, 2.45) is 0 Å². The molecular weight excluding hydrogens is 242 g/mol. The monoisotopic (exact) mass is 261 g/mol. The van der Waals surface area contributed by atoms with Crippen molar-refractivity contribution in [1.82, 2.24) is 25.0 Å². The first-order valence-electron chi connectivity index (χ1n) is 6.90. The summed E-state index contributed by atoms with van der Waals surface area (Å²) in [5, 5.41) is 7.43. The number of nitrogens with one attached hydrogen (secondary N) is 1. The van der Waals surface area contributed by atoms with Crippen LogP contribution in [0.25, 0.3) is 0 Å². The Balaban J connectivity index is 1.62. The number of aromatic nitrogens is 4. The van der Waals surface area contributed by atoms with E-state index in [0.717, 1.165) is 31.0 Å². The van der Waals surface area contributed by atoms with Crippen molar-refractivity contribution in [2.45, 2.75) is 51.7 Å². The SMILES string of the molecule is CCCc1noc(Cn2ccnc2CNC2CC2)n1. The first-order valence-corrected chi connectivity index (χ1v) is 6.90. The lowest BCUT2D eigenvalue weighted by Gasteiger charge is -2.05. The molecule has 0 bridgehead atoms. The molecule has 0 amide bonds. The Bertz CT molecular complexity index is 529. The van der Waals surface area contributed by atoms with Crippen LogP contribution in [-0.4, -0.2) is 25.7 Å². The highest BCUT2D eigenvalue weighted by atomic mass is 16.5. The van der Waals surface area contributed by atoms with Gasteiger partial charge < -0.3 is 14.4 Å². The van der Waals surface area contributed by atoms with E-state index in [1.165, 1.54) is 12.8 Å². The Morgan fingerprint density at radius 1 is 1.47 bits per heavy atom. The molecule has 0 radical (unpaired) electrons. The largest absolute Gasteiger partial charge is 0.337 e. The van der Waals surface area contributed by atoms with Crippen LogP contribution in [0.3, 0.4) is 0 Å². The van der Waals surface area contributed by atoms with Gasteiger partial charge in [0.05, 0.1) is 6.54 Å². The van der Waals surface area contributed by atoms with Crippen LogP contribution < -0.4 is 5.32 Å². The molecule has 1 aliphatic rings. The average molecular weight is 261 g/mol. The number of aryl methyl sites for hydroxylation is 1. The van der Waals surface area contributed by atoms with Gasteiger partial charge >= 0.3 is 0 Å². The quantitative estimate of drug-likeness (QED) is 0.818. The molecule has 6 heteroatoms. The average Bonchev–Trinajstić information content (AvgIpc) is 2.97. The summed E-state index contributed by atoms with van der Waals surface area (Å²) in [7, 11) is 0. The van der Waals surface area contributed by atoms with Crippen molar-refractivity contribution in [3.63, 3.8) is 0 Å². The fourth-order valence-electron chi connectivity index (χ4n) is 2.00. The van der Waals surface area contributed by atoms with Crippen LogP contribution >= 0.6 is 0 Å². The van der Waals surface area contributed by atoms with Crippen LogP contribution in [0.2, 0.25) is 0 Å². The van der Waals surface area contributed by atoms with E-state index in [4.69, 9.17) is 4.52 Å². The smallest absolute Gasteiger partial charge is 0.246 e. The maximum Gasteiger partial charge on any atom is 0.246 e. The van der Waals surface area contributed by atoms with Gasteiger partial charge in [0.1, 0.15) is 12.4 Å². The summed E-state index contributed by atoms with van der Waals surface area (Å²) >= 11 is 0. The van der Waals surface area contributed by atoms with E-state index in [-0.39, 0.29) is 0 Å². The van der Waals surface area contributed by atoms with E-state index in [9.17, 15) is 0 Å². The fraction of sp³-hybridized carbons (Fsp3) is 0.615. The molecule has 0 unspecified atom stereocenters. The molecule has 2 aromatic heterocycles. The van der Waals surface area contributed by atoms with Crippen molar-refractivity contribution in [2.75, 3.05) is 0 Å². The minimum Gasteiger partial charge on any atom is -0.337 e. The highest BCUT2D eigenvalue weighted by molar-refractivity contribution is 4.97. The van der Waals surface area contributed by atoms with Gasteiger partial charge in [-0.3, -0.25) is 0 Å². The molecule has 3 rings (SSSR count). The molecule has 2 heterocycles. The fourth-order valence-corrected chi connectivity index (χ4v) is 2.00. The zero-order valence-electron chi connectivity index (χ0n) is 11.2. The summed E-state index contributed by atoms with van der Waals surface area (Å²) in [5.74, 6) is 2.45. The topological polar surface area (TPSA) is 68.8 Å². The maximum absolute atomic E-state index is 5.25. The zero-order chi connectivity index (χ0) is 13.1. The summed E-state index contributed by atoms with van der Waals surface area (Å²) < 4.78 is 7.31. The van der Waals surface area contributed by atoms with Gasteiger partial charge in [0.25, 0.3) is 0 Å². The van der Waals surface area contributed by atoms with Crippen molar-refractivity contribution in [3.05, 3.63) is 29.9 Å². The molecule has 6 nitrogen and oxygen atoms in total. The van der Waals surface area contributed by atoms with Crippen molar-refractivity contribution < 1.29 is 4.52 Å². The van der Waals surface area contributed by atoms with Crippen molar-refractivity contribution in [1.29, 1.82) is 0 Å². The van der Waals surface area contributed by atoms with Crippen LogP contribution in [-0.2, 0) is 19.5 Å². The molecule has 0 atom stereocenters. The second-order valence-corrected chi connectivity index (χ2v) is 4.98. The third-order valence-electron chi connectivity index (χ3n) is 3.22. The number of imidazole rings is 1. The molecule has 0 aromatic carbocycles. The molecule has 2 aromatic rings. The molecule has 1 aliphatic carbocycles. The molecule has 0 aliphatic heterocycles. The number of hydrogen-bond acceptors (Lipinski definition) is 5. The molecule has 1 saturated carbocycles. The predicted octanol–water partition coefficient (Wildman–Crippen LogP) is 1.52. The second-order valence-electron chi connectivity index (χ2n) is 4.98. The summed E-state index contributed by atoms with van der Waals surface area (Å²) in [6, 6.07) is 0.685. The van der Waals surface area contributed by atoms with Gasteiger partial charge in [-0.05, 0) is 19.3 Å². The Hall–Kier alpha value is -1.69. The van der Waals surface area contributed by atoms with Crippen molar-refractivity contribution in [3.8, 4) is 0 Å². The van der Waals surface area contributed by atoms with Crippen LogP contribution in [0.5, 0.6) is 0 Å². The van der Waals surface area contributed by atoms with E-state index in [0.29, 0.717) is 18.5 Å². The summed E-state index contributed by atoms with van der Waals surface area (Å²) in [6.07, 6.45) is 8.22. The first-order chi connectivity index (χ1) is 9.35. The number of nitrogens with zero attached hydrogens (tertiary/aromatic N) is 4. The molecular formula is C13H19N5O. The van der Waals surface area contributed by atoms with E-state index < -0.39 is 0 Å². The van der Waals surface area contributed by atoms with Gasteiger partial charge in [-0.1, -0.05) is 12.1 Å². The molecule has 1 N–H and O–H groups in total. The lowest BCUT2D eigenvalue weighted by atomic mass is 10.3.